The fourth-order valence-corrected chi connectivity index (χ4v) is 4.11. The molecule has 2 saturated heterocycles. The van der Waals surface area contributed by atoms with Gasteiger partial charge in [0.15, 0.2) is 0 Å². The van der Waals surface area contributed by atoms with E-state index in [2.05, 4.69) is 31.1 Å². The Morgan fingerprint density at radius 1 is 1.35 bits per heavy atom. The van der Waals surface area contributed by atoms with Crippen molar-refractivity contribution in [3.8, 4) is 0 Å². The quantitative estimate of drug-likeness (QED) is 0.771. The van der Waals surface area contributed by atoms with Gasteiger partial charge in [-0.15, -0.1) is 0 Å². The average molecular weight is 272 g/mol. The molecule has 1 atom stereocenters. The molecule has 0 bridgehead atoms. The lowest BCUT2D eigenvalue weighted by molar-refractivity contribution is 0.0603. The van der Waals surface area contributed by atoms with E-state index in [-0.39, 0.29) is 0 Å². The van der Waals surface area contributed by atoms with Crippen LogP contribution < -0.4 is 5.32 Å². The van der Waals surface area contributed by atoms with E-state index in [9.17, 15) is 0 Å². The number of nitrogens with one attached hydrogen (secondary N) is 1. The van der Waals surface area contributed by atoms with E-state index >= 15 is 0 Å². The van der Waals surface area contributed by atoms with E-state index in [0.29, 0.717) is 0 Å². The molecule has 3 rings (SSSR count). The minimum Gasteiger partial charge on any atom is -0.315 e. The van der Waals surface area contributed by atoms with Gasteiger partial charge in [0.05, 0.1) is 0 Å². The summed E-state index contributed by atoms with van der Waals surface area (Å²) in [6.45, 7) is 7.46. The van der Waals surface area contributed by atoms with E-state index in [0.717, 1.165) is 12.0 Å². The van der Waals surface area contributed by atoms with Crippen LogP contribution in [0.25, 0.3) is 0 Å². The maximum atomic E-state index is 3.48. The van der Waals surface area contributed by atoms with Crippen LogP contribution in [-0.2, 0) is 0 Å². The summed E-state index contributed by atoms with van der Waals surface area (Å²) >= 11 is 0. The molecular weight excluding hydrogens is 243 g/mol. The molecule has 0 amide bonds. The third kappa shape index (κ3) is 3.20. The zero-order valence-electron chi connectivity index (χ0n) is 13.3. The van der Waals surface area contributed by atoms with E-state index in [1.807, 2.05) is 0 Å². The van der Waals surface area contributed by atoms with Crippen molar-refractivity contribution in [3.05, 3.63) is 22.8 Å². The lowest BCUT2D eigenvalue weighted by atomic mass is 9.82. The van der Waals surface area contributed by atoms with Gasteiger partial charge in [-0.05, 0) is 51.5 Å². The summed E-state index contributed by atoms with van der Waals surface area (Å²) in [5, 5.41) is 3.48. The highest BCUT2D eigenvalue weighted by atomic mass is 15.2. The van der Waals surface area contributed by atoms with Gasteiger partial charge in [-0.2, -0.15) is 0 Å². The van der Waals surface area contributed by atoms with Gasteiger partial charge in [0.1, 0.15) is 7.85 Å². The summed E-state index contributed by atoms with van der Waals surface area (Å²) in [5.74, 6) is 0.932. The van der Waals surface area contributed by atoms with Crippen LogP contribution in [0.2, 0.25) is 6.32 Å². The number of rotatable bonds is 5. The molecule has 0 aromatic carbocycles. The summed E-state index contributed by atoms with van der Waals surface area (Å²) in [6.07, 6.45) is 10.5. The lowest BCUT2D eigenvalue weighted by Crippen LogP contribution is -2.52. The van der Waals surface area contributed by atoms with Crippen molar-refractivity contribution >= 4 is 7.85 Å². The van der Waals surface area contributed by atoms with E-state index in [1.165, 1.54) is 64.6 Å². The maximum absolute atomic E-state index is 3.48. The minimum absolute atomic E-state index is 0.837. The van der Waals surface area contributed by atoms with Crippen LogP contribution in [0.15, 0.2) is 22.8 Å². The Bertz CT molecular complexity index is 401. The lowest BCUT2D eigenvalue weighted by Gasteiger charge is -2.43. The third-order valence-electron chi connectivity index (χ3n) is 5.37. The second-order valence-electron chi connectivity index (χ2n) is 7.01. The van der Waals surface area contributed by atoms with Gasteiger partial charge in [0.2, 0.25) is 0 Å². The molecule has 1 aliphatic carbocycles. The highest BCUT2D eigenvalue weighted by molar-refractivity contribution is 6.08. The molecule has 2 aliphatic heterocycles. The fraction of sp³-hybridized carbons (Fsp3) is 0.765. The smallest absolute Gasteiger partial charge is 0.101 e. The molecule has 0 spiro atoms. The molecule has 1 N–H and O–H groups in total. The Morgan fingerprint density at radius 3 is 2.85 bits per heavy atom. The monoisotopic (exact) mass is 272 g/mol. The Morgan fingerprint density at radius 2 is 2.20 bits per heavy atom. The van der Waals surface area contributed by atoms with Gasteiger partial charge in [-0.3, -0.25) is 4.90 Å². The van der Waals surface area contributed by atoms with Crippen LogP contribution >= 0.6 is 0 Å². The summed E-state index contributed by atoms with van der Waals surface area (Å²) in [4.78, 5) is 2.70. The number of hydrogen-bond donors (Lipinski definition) is 1. The number of hydrogen-bond acceptors (Lipinski definition) is 2. The molecule has 0 aromatic rings. The number of allylic oxidation sites excluding steroid dienone is 4. The van der Waals surface area contributed by atoms with Crippen molar-refractivity contribution in [2.24, 2.45) is 5.92 Å². The third-order valence-corrected chi connectivity index (χ3v) is 5.37. The number of likely N-dealkylation sites (tertiary alicyclic amines) is 1. The van der Waals surface area contributed by atoms with E-state index in [4.69, 9.17) is 0 Å². The first-order chi connectivity index (χ1) is 9.76. The standard InChI is InChI=1S/C17H29BN2/c1-13-8-14(4-6-18)2-3-16(13)9-15-11-20(12-15)17-5-7-19-10-17/h8,15,17,19H,2-7,9-12,18H2,1H3. The van der Waals surface area contributed by atoms with Gasteiger partial charge < -0.3 is 5.32 Å². The SMILES string of the molecule is BCCC1=CC(C)=C(CC2CN(C3CCNC3)C2)CC1. The van der Waals surface area contributed by atoms with Crippen LogP contribution in [0.1, 0.15) is 39.0 Å². The first-order valence-corrected chi connectivity index (χ1v) is 8.59. The van der Waals surface area contributed by atoms with Gasteiger partial charge in [0.25, 0.3) is 0 Å². The molecule has 2 heterocycles. The highest BCUT2D eigenvalue weighted by Crippen LogP contribution is 2.33. The van der Waals surface area contributed by atoms with Gasteiger partial charge in [-0.1, -0.05) is 29.1 Å². The Labute approximate surface area is 125 Å². The first kappa shape index (κ1) is 14.4. The Hall–Kier alpha value is -0.535. The van der Waals surface area contributed by atoms with E-state index < -0.39 is 0 Å². The molecule has 3 heteroatoms. The zero-order chi connectivity index (χ0) is 13.9. The minimum atomic E-state index is 0.837. The van der Waals surface area contributed by atoms with Crippen molar-refractivity contribution < 1.29 is 0 Å². The van der Waals surface area contributed by atoms with E-state index in [1.54, 1.807) is 16.7 Å². The second-order valence-corrected chi connectivity index (χ2v) is 7.01. The maximum Gasteiger partial charge on any atom is 0.101 e. The van der Waals surface area contributed by atoms with Crippen LogP contribution in [0, 0.1) is 5.92 Å². The first-order valence-electron chi connectivity index (χ1n) is 8.59. The molecule has 1 unspecified atom stereocenters. The molecular formula is C17H29BN2. The second kappa shape index (κ2) is 6.49. The Kier molecular flexibility index (Phi) is 4.67. The zero-order valence-corrected chi connectivity index (χ0v) is 13.3. The molecule has 0 saturated carbocycles. The highest BCUT2D eigenvalue weighted by Gasteiger charge is 2.34. The molecule has 0 aromatic heterocycles. The normalized spacial score (nSPS) is 28.6. The molecule has 2 nitrogen and oxygen atoms in total. The summed E-state index contributed by atoms with van der Waals surface area (Å²) in [5.41, 5.74) is 5.01. The van der Waals surface area contributed by atoms with Crippen LogP contribution in [0.5, 0.6) is 0 Å². The fourth-order valence-electron chi connectivity index (χ4n) is 4.11. The van der Waals surface area contributed by atoms with Crippen molar-refractivity contribution in [3.63, 3.8) is 0 Å². The molecule has 3 aliphatic rings. The number of nitrogens with zero attached hydrogens (tertiary/aromatic N) is 1. The van der Waals surface area contributed by atoms with Crippen LogP contribution in [-0.4, -0.2) is 45.0 Å². The summed E-state index contributed by atoms with van der Waals surface area (Å²) < 4.78 is 0. The van der Waals surface area contributed by atoms with Gasteiger partial charge >= 0.3 is 0 Å². The summed E-state index contributed by atoms with van der Waals surface area (Å²) in [7, 11) is 2.29. The van der Waals surface area contributed by atoms with Crippen molar-refractivity contribution in [2.75, 3.05) is 26.2 Å². The average Bonchev–Trinajstić information content (AvgIpc) is 2.89. The topological polar surface area (TPSA) is 15.3 Å². The largest absolute Gasteiger partial charge is 0.315 e. The van der Waals surface area contributed by atoms with Crippen molar-refractivity contribution in [1.29, 1.82) is 0 Å². The van der Waals surface area contributed by atoms with Crippen LogP contribution in [0.3, 0.4) is 0 Å². The Balaban J connectivity index is 1.48. The summed E-state index contributed by atoms with van der Waals surface area (Å²) in [6, 6.07) is 0.837. The predicted octanol–water partition coefficient (Wildman–Crippen LogP) is 2.15. The van der Waals surface area contributed by atoms with Crippen molar-refractivity contribution in [2.45, 2.75) is 51.4 Å². The van der Waals surface area contributed by atoms with Crippen molar-refractivity contribution in [1.82, 2.24) is 10.2 Å². The van der Waals surface area contributed by atoms with Crippen LogP contribution in [0.4, 0.5) is 0 Å². The molecule has 110 valence electrons. The molecule has 20 heavy (non-hydrogen) atoms. The molecule has 0 radical (unpaired) electrons. The van der Waals surface area contributed by atoms with Gasteiger partial charge in [0, 0.05) is 25.7 Å². The van der Waals surface area contributed by atoms with Gasteiger partial charge in [-0.25, -0.2) is 0 Å². The predicted molar refractivity (Wildman–Crippen MR) is 88.9 cm³/mol. The molecule has 2 fully saturated rings.